The molecule has 0 atom stereocenters. The summed E-state index contributed by atoms with van der Waals surface area (Å²) in [7, 11) is 0. The van der Waals surface area contributed by atoms with Crippen molar-refractivity contribution in [2.24, 2.45) is 0 Å². The number of benzene rings is 3. The van der Waals surface area contributed by atoms with E-state index in [1.54, 1.807) is 0 Å². The average molecular weight is 298 g/mol. The maximum atomic E-state index is 2.38. The molecule has 3 aromatic rings. The highest BCUT2D eigenvalue weighted by molar-refractivity contribution is 5.96. The molecular formula is C23H22. The van der Waals surface area contributed by atoms with Crippen molar-refractivity contribution in [3.8, 4) is 11.1 Å². The van der Waals surface area contributed by atoms with Gasteiger partial charge in [0.25, 0.3) is 0 Å². The predicted octanol–water partition coefficient (Wildman–Crippen LogP) is 6.39. The summed E-state index contributed by atoms with van der Waals surface area (Å²) in [5.74, 6) is 0. The van der Waals surface area contributed by atoms with E-state index in [2.05, 4.69) is 75.4 Å². The molecule has 0 heteroatoms. The molecule has 0 nitrogen and oxygen atoms in total. The van der Waals surface area contributed by atoms with Gasteiger partial charge in [0.15, 0.2) is 0 Å². The second kappa shape index (κ2) is 5.38. The maximum absolute atomic E-state index is 2.38. The van der Waals surface area contributed by atoms with E-state index in [1.807, 2.05) is 0 Å². The number of hydrogen-bond donors (Lipinski definition) is 0. The molecule has 23 heavy (non-hydrogen) atoms. The first-order chi connectivity index (χ1) is 11.2. The predicted molar refractivity (Wildman–Crippen MR) is 101 cm³/mol. The van der Waals surface area contributed by atoms with Crippen molar-refractivity contribution < 1.29 is 0 Å². The van der Waals surface area contributed by atoms with Crippen LogP contribution in [-0.4, -0.2) is 0 Å². The molecule has 0 amide bonds. The van der Waals surface area contributed by atoms with Crippen LogP contribution in [0, 0.1) is 20.8 Å². The summed E-state index contributed by atoms with van der Waals surface area (Å²) < 4.78 is 0. The molecule has 0 aromatic heterocycles. The fourth-order valence-electron chi connectivity index (χ4n) is 3.94. The molecule has 0 heterocycles. The Balaban J connectivity index is 2.09. The van der Waals surface area contributed by atoms with Gasteiger partial charge >= 0.3 is 0 Å². The standard InChI is InChI=1S/C23H22/c1-15-12-13-18-8-4-5-11-21(18)23(15)22-14-16(2)19-9-6-7-10-20(19)17(22)3/h5-7,9-14H,4,8H2,1-3H3. The molecule has 3 aromatic carbocycles. The Morgan fingerprint density at radius 2 is 1.61 bits per heavy atom. The van der Waals surface area contributed by atoms with Crippen LogP contribution in [-0.2, 0) is 6.42 Å². The SMILES string of the molecule is Cc1ccc2c(c1-c1cc(C)c3ccccc3c1C)C=CCC2. The third-order valence-electron chi connectivity index (χ3n) is 5.20. The lowest BCUT2D eigenvalue weighted by Gasteiger charge is -2.21. The van der Waals surface area contributed by atoms with Gasteiger partial charge in [0, 0.05) is 0 Å². The molecule has 1 aliphatic carbocycles. The summed E-state index contributed by atoms with van der Waals surface area (Å²) in [4.78, 5) is 0. The summed E-state index contributed by atoms with van der Waals surface area (Å²) in [6.45, 7) is 6.73. The Morgan fingerprint density at radius 3 is 2.43 bits per heavy atom. The van der Waals surface area contributed by atoms with Gasteiger partial charge in [0.05, 0.1) is 0 Å². The second-order valence-corrected chi connectivity index (χ2v) is 6.68. The van der Waals surface area contributed by atoms with Crippen molar-refractivity contribution in [2.75, 3.05) is 0 Å². The van der Waals surface area contributed by atoms with Gasteiger partial charge in [-0.05, 0) is 83.3 Å². The van der Waals surface area contributed by atoms with Gasteiger partial charge in [0.1, 0.15) is 0 Å². The van der Waals surface area contributed by atoms with E-state index in [1.165, 1.54) is 49.7 Å². The van der Waals surface area contributed by atoms with E-state index < -0.39 is 0 Å². The maximum Gasteiger partial charge on any atom is -0.00765 e. The molecule has 0 radical (unpaired) electrons. The van der Waals surface area contributed by atoms with E-state index >= 15 is 0 Å². The van der Waals surface area contributed by atoms with Crippen molar-refractivity contribution in [1.29, 1.82) is 0 Å². The minimum atomic E-state index is 1.16. The number of allylic oxidation sites excluding steroid dienone is 1. The van der Waals surface area contributed by atoms with Crippen molar-refractivity contribution in [3.63, 3.8) is 0 Å². The highest BCUT2D eigenvalue weighted by atomic mass is 14.2. The van der Waals surface area contributed by atoms with Gasteiger partial charge in [-0.15, -0.1) is 0 Å². The van der Waals surface area contributed by atoms with Crippen LogP contribution in [0.15, 0.2) is 48.5 Å². The van der Waals surface area contributed by atoms with Crippen molar-refractivity contribution in [1.82, 2.24) is 0 Å². The molecule has 0 saturated carbocycles. The highest BCUT2D eigenvalue weighted by Gasteiger charge is 2.16. The lowest BCUT2D eigenvalue weighted by Crippen LogP contribution is -2.00. The zero-order valence-corrected chi connectivity index (χ0v) is 14.1. The van der Waals surface area contributed by atoms with Crippen LogP contribution < -0.4 is 0 Å². The third kappa shape index (κ3) is 2.21. The van der Waals surface area contributed by atoms with Crippen LogP contribution >= 0.6 is 0 Å². The highest BCUT2D eigenvalue weighted by Crippen LogP contribution is 2.38. The minimum Gasteiger partial charge on any atom is -0.0836 e. The monoisotopic (exact) mass is 298 g/mol. The quantitative estimate of drug-likeness (QED) is 0.488. The zero-order valence-electron chi connectivity index (χ0n) is 14.1. The molecule has 0 fully saturated rings. The minimum absolute atomic E-state index is 1.16. The van der Waals surface area contributed by atoms with Crippen LogP contribution in [0.4, 0.5) is 0 Å². The molecular weight excluding hydrogens is 276 g/mol. The summed E-state index contributed by atoms with van der Waals surface area (Å²) in [5.41, 5.74) is 9.84. The van der Waals surface area contributed by atoms with Crippen molar-refractivity contribution >= 4 is 16.8 Å². The summed E-state index contributed by atoms with van der Waals surface area (Å²) in [5, 5.41) is 2.74. The topological polar surface area (TPSA) is 0 Å². The second-order valence-electron chi connectivity index (χ2n) is 6.68. The van der Waals surface area contributed by atoms with Gasteiger partial charge < -0.3 is 0 Å². The number of rotatable bonds is 1. The largest absolute Gasteiger partial charge is 0.0836 e. The van der Waals surface area contributed by atoms with Crippen LogP contribution in [0.2, 0.25) is 0 Å². The third-order valence-corrected chi connectivity index (χ3v) is 5.20. The Bertz CT molecular complexity index is 942. The van der Waals surface area contributed by atoms with Crippen LogP contribution in [0.3, 0.4) is 0 Å². The first kappa shape index (κ1) is 14.3. The summed E-state index contributed by atoms with van der Waals surface area (Å²) in [6.07, 6.45) is 6.95. The van der Waals surface area contributed by atoms with Crippen LogP contribution in [0.1, 0.15) is 34.2 Å². The molecule has 114 valence electrons. The Kier molecular flexibility index (Phi) is 3.34. The molecule has 0 spiro atoms. The molecule has 0 aliphatic heterocycles. The lowest BCUT2D eigenvalue weighted by molar-refractivity contribution is 0.984. The van der Waals surface area contributed by atoms with Crippen LogP contribution in [0.25, 0.3) is 28.0 Å². The Hall–Kier alpha value is -2.34. The average Bonchev–Trinajstić information content (AvgIpc) is 2.58. The van der Waals surface area contributed by atoms with Gasteiger partial charge in [0.2, 0.25) is 0 Å². The Morgan fingerprint density at radius 1 is 0.826 bits per heavy atom. The molecule has 0 saturated heterocycles. The van der Waals surface area contributed by atoms with E-state index in [9.17, 15) is 0 Å². The number of aryl methyl sites for hydroxylation is 4. The van der Waals surface area contributed by atoms with E-state index in [0.717, 1.165) is 12.8 Å². The molecule has 0 N–H and O–H groups in total. The van der Waals surface area contributed by atoms with E-state index in [4.69, 9.17) is 0 Å². The summed E-state index contributed by atoms with van der Waals surface area (Å²) in [6, 6.07) is 15.7. The normalized spacial score (nSPS) is 13.3. The zero-order chi connectivity index (χ0) is 16.0. The van der Waals surface area contributed by atoms with Crippen molar-refractivity contribution in [3.05, 3.63) is 76.4 Å². The molecule has 0 bridgehead atoms. The molecule has 1 aliphatic rings. The van der Waals surface area contributed by atoms with Gasteiger partial charge in [-0.2, -0.15) is 0 Å². The fraction of sp³-hybridized carbons (Fsp3) is 0.217. The molecule has 0 unspecified atom stereocenters. The molecule has 4 rings (SSSR count). The van der Waals surface area contributed by atoms with E-state index in [0.29, 0.717) is 0 Å². The van der Waals surface area contributed by atoms with Gasteiger partial charge in [-0.25, -0.2) is 0 Å². The van der Waals surface area contributed by atoms with Gasteiger partial charge in [-0.1, -0.05) is 54.6 Å². The smallest absolute Gasteiger partial charge is 0.00765 e. The number of hydrogen-bond acceptors (Lipinski definition) is 0. The fourth-order valence-corrected chi connectivity index (χ4v) is 3.94. The van der Waals surface area contributed by atoms with Crippen molar-refractivity contribution in [2.45, 2.75) is 33.6 Å². The first-order valence-electron chi connectivity index (χ1n) is 8.45. The van der Waals surface area contributed by atoms with Crippen LogP contribution in [0.5, 0.6) is 0 Å². The summed E-state index contributed by atoms with van der Waals surface area (Å²) >= 11 is 0. The van der Waals surface area contributed by atoms with Gasteiger partial charge in [-0.3, -0.25) is 0 Å². The van der Waals surface area contributed by atoms with E-state index in [-0.39, 0.29) is 0 Å². The first-order valence-corrected chi connectivity index (χ1v) is 8.45. The lowest BCUT2D eigenvalue weighted by atomic mass is 9.84. The number of fused-ring (bicyclic) bond motifs is 2. The Labute approximate surface area is 138 Å².